The van der Waals surface area contributed by atoms with Crippen molar-refractivity contribution in [2.45, 2.75) is 44.9 Å². The standard InChI is InChI=1S/C34H36ClN3O5/c1-24(7-5-10-31(40)36(19-20-39)22-25-8-3-2-4-9-25)34(43)29-21-27(35)14-17-30(29)38(33(34)42)23-26-12-15-28(16-13-26)37-18-6-11-32(37)41/h2-5,7-9,12-17,21,24,39,43H,6,10-11,18-20,22-23H2,1H3/b7-5+/t24-,34+/m1/s1. The van der Waals surface area contributed by atoms with E-state index in [0.29, 0.717) is 35.8 Å². The molecule has 5 rings (SSSR count). The summed E-state index contributed by atoms with van der Waals surface area (Å²) in [5.74, 6) is -1.20. The monoisotopic (exact) mass is 601 g/mol. The van der Waals surface area contributed by atoms with Crippen molar-refractivity contribution >= 4 is 40.7 Å². The highest BCUT2D eigenvalue weighted by atomic mass is 35.5. The van der Waals surface area contributed by atoms with Crippen molar-refractivity contribution in [3.05, 3.63) is 107 Å². The molecule has 2 aliphatic rings. The summed E-state index contributed by atoms with van der Waals surface area (Å²) >= 11 is 6.32. The van der Waals surface area contributed by atoms with Gasteiger partial charge in [0.25, 0.3) is 5.91 Å². The van der Waals surface area contributed by atoms with Crippen molar-refractivity contribution in [1.82, 2.24) is 4.90 Å². The van der Waals surface area contributed by atoms with Crippen molar-refractivity contribution in [2.24, 2.45) is 5.92 Å². The number of anilines is 2. The number of fused-ring (bicyclic) bond motifs is 1. The smallest absolute Gasteiger partial charge is 0.264 e. The van der Waals surface area contributed by atoms with E-state index in [2.05, 4.69) is 0 Å². The number of nitrogens with zero attached hydrogens (tertiary/aromatic N) is 3. The number of rotatable bonds is 11. The fourth-order valence-electron chi connectivity index (χ4n) is 5.82. The van der Waals surface area contributed by atoms with Crippen LogP contribution in [0.2, 0.25) is 5.02 Å². The number of hydrogen-bond donors (Lipinski definition) is 2. The summed E-state index contributed by atoms with van der Waals surface area (Å²) in [6, 6.07) is 22.2. The molecule has 0 aromatic heterocycles. The van der Waals surface area contributed by atoms with E-state index >= 15 is 0 Å². The maximum Gasteiger partial charge on any atom is 0.264 e. The predicted molar refractivity (Wildman–Crippen MR) is 166 cm³/mol. The van der Waals surface area contributed by atoms with E-state index in [1.165, 1.54) is 0 Å². The van der Waals surface area contributed by atoms with Crippen LogP contribution in [0.15, 0.2) is 84.9 Å². The van der Waals surface area contributed by atoms with E-state index < -0.39 is 17.4 Å². The predicted octanol–water partition coefficient (Wildman–Crippen LogP) is 4.80. The zero-order valence-electron chi connectivity index (χ0n) is 24.2. The first-order valence-electron chi connectivity index (χ1n) is 14.5. The molecule has 9 heteroatoms. The third-order valence-electron chi connectivity index (χ3n) is 8.21. The van der Waals surface area contributed by atoms with Crippen LogP contribution in [0.4, 0.5) is 11.4 Å². The molecule has 2 heterocycles. The molecule has 43 heavy (non-hydrogen) atoms. The number of halogens is 1. The van der Waals surface area contributed by atoms with E-state index in [4.69, 9.17) is 11.6 Å². The molecule has 0 saturated carbocycles. The van der Waals surface area contributed by atoms with Crippen LogP contribution in [0, 0.1) is 5.92 Å². The van der Waals surface area contributed by atoms with Crippen LogP contribution in [-0.4, -0.2) is 52.5 Å². The van der Waals surface area contributed by atoms with Crippen molar-refractivity contribution in [3.8, 4) is 0 Å². The molecule has 0 aliphatic carbocycles. The number of carbonyl (C=O) groups is 3. The molecule has 2 aliphatic heterocycles. The highest BCUT2D eigenvalue weighted by Crippen LogP contribution is 2.46. The Labute approximate surface area is 256 Å². The number of hydrogen-bond acceptors (Lipinski definition) is 5. The van der Waals surface area contributed by atoms with Gasteiger partial charge in [-0.15, -0.1) is 0 Å². The molecule has 2 N–H and O–H groups in total. The van der Waals surface area contributed by atoms with Crippen LogP contribution >= 0.6 is 11.6 Å². The summed E-state index contributed by atoms with van der Waals surface area (Å²) in [5, 5.41) is 21.8. The number of benzene rings is 3. The lowest BCUT2D eigenvalue weighted by molar-refractivity contribution is -0.139. The average Bonchev–Trinajstić information content (AvgIpc) is 3.53. The molecule has 0 bridgehead atoms. The van der Waals surface area contributed by atoms with Gasteiger partial charge >= 0.3 is 0 Å². The summed E-state index contributed by atoms with van der Waals surface area (Å²) in [7, 11) is 0. The maximum atomic E-state index is 13.9. The molecule has 224 valence electrons. The fourth-order valence-corrected chi connectivity index (χ4v) is 5.99. The Bertz CT molecular complexity index is 1510. The Kier molecular flexibility index (Phi) is 9.30. The van der Waals surface area contributed by atoms with Gasteiger partial charge in [-0.2, -0.15) is 0 Å². The highest BCUT2D eigenvalue weighted by Gasteiger charge is 2.52. The minimum Gasteiger partial charge on any atom is -0.395 e. The molecule has 0 unspecified atom stereocenters. The normalized spacial score (nSPS) is 18.9. The summed E-state index contributed by atoms with van der Waals surface area (Å²) < 4.78 is 0. The number of amides is 3. The average molecular weight is 602 g/mol. The van der Waals surface area contributed by atoms with Gasteiger partial charge in [0.15, 0.2) is 5.60 Å². The number of carbonyl (C=O) groups excluding carboxylic acids is 3. The maximum absolute atomic E-state index is 13.9. The van der Waals surface area contributed by atoms with Gasteiger partial charge < -0.3 is 24.9 Å². The van der Waals surface area contributed by atoms with Gasteiger partial charge in [0, 0.05) is 54.7 Å². The van der Waals surface area contributed by atoms with Crippen LogP contribution in [0.25, 0.3) is 0 Å². The molecular weight excluding hydrogens is 566 g/mol. The van der Waals surface area contributed by atoms with Gasteiger partial charge in [-0.1, -0.05) is 73.1 Å². The molecule has 3 aromatic carbocycles. The highest BCUT2D eigenvalue weighted by molar-refractivity contribution is 6.31. The van der Waals surface area contributed by atoms with E-state index in [0.717, 1.165) is 23.2 Å². The third-order valence-corrected chi connectivity index (χ3v) is 8.44. The molecular formula is C34H36ClN3O5. The van der Waals surface area contributed by atoms with Crippen LogP contribution < -0.4 is 9.80 Å². The molecule has 1 saturated heterocycles. The number of aliphatic hydroxyl groups excluding tert-OH is 1. The van der Waals surface area contributed by atoms with Crippen LogP contribution in [0.3, 0.4) is 0 Å². The first-order chi connectivity index (χ1) is 20.7. The van der Waals surface area contributed by atoms with Gasteiger partial charge in [-0.3, -0.25) is 14.4 Å². The van der Waals surface area contributed by atoms with Crippen molar-refractivity contribution in [1.29, 1.82) is 0 Å². The van der Waals surface area contributed by atoms with E-state index in [1.54, 1.807) is 52.0 Å². The molecule has 0 spiro atoms. The first kappa shape index (κ1) is 30.5. The molecule has 0 radical (unpaired) electrons. The first-order valence-corrected chi connectivity index (χ1v) is 14.9. The minimum absolute atomic E-state index is 0.0550. The van der Waals surface area contributed by atoms with Crippen LogP contribution in [0.5, 0.6) is 0 Å². The Morgan fingerprint density at radius 1 is 1.07 bits per heavy atom. The van der Waals surface area contributed by atoms with Crippen LogP contribution in [-0.2, 0) is 33.1 Å². The summed E-state index contributed by atoms with van der Waals surface area (Å²) in [6.45, 7) is 3.10. The lowest BCUT2D eigenvalue weighted by Crippen LogP contribution is -2.44. The molecule has 3 amide bonds. The largest absolute Gasteiger partial charge is 0.395 e. The Morgan fingerprint density at radius 3 is 2.49 bits per heavy atom. The van der Waals surface area contributed by atoms with E-state index in [1.807, 2.05) is 54.6 Å². The molecule has 2 atom stereocenters. The summed E-state index contributed by atoms with van der Waals surface area (Å²) in [5.41, 5.74) is 1.75. The second kappa shape index (κ2) is 13.1. The number of aliphatic hydroxyl groups is 2. The topological polar surface area (TPSA) is 101 Å². The zero-order chi connectivity index (χ0) is 30.6. The molecule has 3 aromatic rings. The molecule has 8 nitrogen and oxygen atoms in total. The quantitative estimate of drug-likeness (QED) is 0.307. The second-order valence-electron chi connectivity index (χ2n) is 11.1. The van der Waals surface area contributed by atoms with Crippen molar-refractivity contribution in [3.63, 3.8) is 0 Å². The van der Waals surface area contributed by atoms with Gasteiger partial charge in [-0.25, -0.2) is 0 Å². The van der Waals surface area contributed by atoms with Gasteiger partial charge in [0.1, 0.15) is 0 Å². The SMILES string of the molecule is C[C@H](/C=C/CC(=O)N(CCO)Cc1ccccc1)[C@@]1(O)C(=O)N(Cc2ccc(N3CCCC3=O)cc2)c2ccc(Cl)cc21. The second-order valence-corrected chi connectivity index (χ2v) is 11.5. The van der Waals surface area contributed by atoms with E-state index in [9.17, 15) is 24.6 Å². The Hall–Kier alpha value is -3.98. The van der Waals surface area contributed by atoms with Gasteiger partial charge in [-0.05, 0) is 47.9 Å². The Morgan fingerprint density at radius 2 is 1.81 bits per heavy atom. The minimum atomic E-state index is -1.88. The van der Waals surface area contributed by atoms with Crippen LogP contribution in [0.1, 0.15) is 42.9 Å². The van der Waals surface area contributed by atoms with Gasteiger partial charge in [0.05, 0.1) is 18.8 Å². The summed E-state index contributed by atoms with van der Waals surface area (Å²) in [6.07, 6.45) is 4.80. The van der Waals surface area contributed by atoms with Crippen molar-refractivity contribution < 1.29 is 24.6 Å². The lowest BCUT2D eigenvalue weighted by atomic mass is 9.83. The van der Waals surface area contributed by atoms with E-state index in [-0.39, 0.29) is 37.9 Å². The fraction of sp³-hybridized carbons (Fsp3) is 0.324. The zero-order valence-corrected chi connectivity index (χ0v) is 24.9. The molecule has 1 fully saturated rings. The third kappa shape index (κ3) is 6.37. The summed E-state index contributed by atoms with van der Waals surface area (Å²) in [4.78, 5) is 43.9. The lowest BCUT2D eigenvalue weighted by Gasteiger charge is -2.28. The Balaban J connectivity index is 1.31. The van der Waals surface area contributed by atoms with Gasteiger partial charge in [0.2, 0.25) is 11.8 Å². The van der Waals surface area contributed by atoms with Crippen molar-refractivity contribution in [2.75, 3.05) is 29.5 Å².